The number of ether oxygens (including phenoxy) is 1. The Morgan fingerprint density at radius 2 is 0.783 bits per heavy atom. The Hall–Kier alpha value is -2.20. The van der Waals surface area contributed by atoms with Crippen molar-refractivity contribution in [1.82, 2.24) is 0 Å². The first-order chi connectivity index (χ1) is 11.3. The molecule has 2 N–H and O–H groups in total. The van der Waals surface area contributed by atoms with E-state index in [-0.39, 0.29) is 13.2 Å². The summed E-state index contributed by atoms with van der Waals surface area (Å²) in [6, 6.07) is 0. The van der Waals surface area contributed by atoms with Crippen LogP contribution in [0, 0.1) is 0 Å². The highest BCUT2D eigenvalue weighted by Crippen LogP contribution is 1.60. The molecule has 0 aliphatic carbocycles. The summed E-state index contributed by atoms with van der Waals surface area (Å²) in [6.07, 6.45) is 1.71. The topological polar surface area (TPSA) is 49.7 Å². The Labute approximate surface area is 147 Å². The van der Waals surface area contributed by atoms with Gasteiger partial charge in [-0.05, 0) is 0 Å². The molecular weight excluding hydrogens is 288 g/mol. The molecule has 0 unspecified atom stereocenters. The van der Waals surface area contributed by atoms with E-state index in [2.05, 4.69) is 103 Å². The molecule has 0 aromatic rings. The highest BCUT2D eigenvalue weighted by atomic mass is 16.5. The zero-order chi connectivity index (χ0) is 21.5. The smallest absolute Gasteiger partial charge is 0.0662 e. The molecule has 0 radical (unpaired) electrons. The molecule has 0 aromatic carbocycles. The first-order valence-electron chi connectivity index (χ1n) is 6.15. The predicted octanol–water partition coefficient (Wildman–Crippen LogP) is 5.41. The fraction of sp³-hybridized carbons (Fsp3) is 0.200. The van der Waals surface area contributed by atoms with Gasteiger partial charge in [0, 0.05) is 7.11 Å². The molecule has 140 valence electrons. The van der Waals surface area contributed by atoms with E-state index in [4.69, 9.17) is 10.2 Å². The van der Waals surface area contributed by atoms with Crippen molar-refractivity contribution in [3.8, 4) is 0 Å². The van der Waals surface area contributed by atoms with Crippen molar-refractivity contribution in [3.63, 3.8) is 0 Å². The van der Waals surface area contributed by atoms with E-state index in [9.17, 15) is 0 Å². The molecule has 0 fully saturated rings. The van der Waals surface area contributed by atoms with Crippen LogP contribution in [0.2, 0.25) is 0 Å². The molecule has 0 atom stereocenters. The van der Waals surface area contributed by atoms with E-state index in [1.54, 1.807) is 13.2 Å². The lowest BCUT2D eigenvalue weighted by Crippen LogP contribution is -1.85. The predicted molar refractivity (Wildman–Crippen MR) is 115 cm³/mol. The van der Waals surface area contributed by atoms with Crippen molar-refractivity contribution in [2.24, 2.45) is 0 Å². The van der Waals surface area contributed by atoms with Crippen LogP contribution in [-0.2, 0) is 4.74 Å². The molecule has 0 saturated heterocycles. The minimum Gasteiger partial charge on any atom is -0.394 e. The number of aliphatic hydroxyl groups excluding tert-OH is 2. The third-order valence-electron chi connectivity index (χ3n) is 0.385. The second kappa shape index (κ2) is 893. The largest absolute Gasteiger partial charge is 0.394 e. The van der Waals surface area contributed by atoms with Crippen molar-refractivity contribution in [2.75, 3.05) is 26.9 Å². The standard InChI is InChI=1S/C4H8O.C2H6O2.7C2H4/c1-3-4-5-2;3-1-2-4;7*1-2/h3H,1,4H2,2H3;3-4H,1-2H2;7*1-2H2. The van der Waals surface area contributed by atoms with Crippen LogP contribution >= 0.6 is 0 Å². The van der Waals surface area contributed by atoms with Crippen LogP contribution in [0.3, 0.4) is 0 Å². The minimum absolute atomic E-state index is 0.125. The lowest BCUT2D eigenvalue weighted by Gasteiger charge is -1.79. The third kappa shape index (κ3) is 9800. The fourth-order valence-electron chi connectivity index (χ4n) is 0.118. The average molecular weight is 331 g/mol. The molecule has 0 spiro atoms. The number of rotatable bonds is 3. The maximum absolute atomic E-state index is 7.62. The number of hydrogen-bond acceptors (Lipinski definition) is 3. The monoisotopic (exact) mass is 330 g/mol. The van der Waals surface area contributed by atoms with Crippen molar-refractivity contribution in [2.45, 2.75) is 0 Å². The minimum atomic E-state index is -0.125. The van der Waals surface area contributed by atoms with Gasteiger partial charge in [0.2, 0.25) is 0 Å². The van der Waals surface area contributed by atoms with Gasteiger partial charge in [-0.15, -0.1) is 98.7 Å². The van der Waals surface area contributed by atoms with Gasteiger partial charge in [-0.1, -0.05) is 6.08 Å². The number of methoxy groups -OCH3 is 1. The summed E-state index contributed by atoms with van der Waals surface area (Å²) >= 11 is 0. The normalized spacial score (nSPS) is 4.13. The Morgan fingerprint density at radius 3 is 0.783 bits per heavy atom. The van der Waals surface area contributed by atoms with Crippen LogP contribution in [0.15, 0.2) is 105 Å². The second-order valence-corrected chi connectivity index (χ2v) is 1.19. The van der Waals surface area contributed by atoms with Crippen molar-refractivity contribution < 1.29 is 14.9 Å². The molecule has 3 nitrogen and oxygen atoms in total. The van der Waals surface area contributed by atoms with Crippen LogP contribution < -0.4 is 0 Å². The van der Waals surface area contributed by atoms with Gasteiger partial charge in [0.05, 0.1) is 19.8 Å². The van der Waals surface area contributed by atoms with Gasteiger partial charge < -0.3 is 14.9 Å². The molecule has 0 bridgehead atoms. The van der Waals surface area contributed by atoms with E-state index < -0.39 is 0 Å². The maximum atomic E-state index is 7.62. The summed E-state index contributed by atoms with van der Waals surface area (Å²) in [4.78, 5) is 0. The Morgan fingerprint density at radius 1 is 0.609 bits per heavy atom. The molecule has 0 aliphatic rings. The first kappa shape index (κ1) is 58.6. The SMILES string of the molecule is C=C.C=C.C=C.C=C.C=C.C=C.C=C.C=CCOC.OCCO. The lowest BCUT2D eigenvalue weighted by atomic mass is 10.7. The van der Waals surface area contributed by atoms with Gasteiger partial charge in [-0.2, -0.15) is 0 Å². The number of aliphatic hydroxyl groups is 2. The van der Waals surface area contributed by atoms with E-state index in [1.165, 1.54) is 0 Å². The Balaban J connectivity index is -0.0000000143. The summed E-state index contributed by atoms with van der Waals surface area (Å²) in [5.41, 5.74) is 0. The van der Waals surface area contributed by atoms with Gasteiger partial charge in [-0.25, -0.2) is 0 Å². The molecule has 23 heavy (non-hydrogen) atoms. The molecule has 0 heterocycles. The number of hydrogen-bond donors (Lipinski definition) is 2. The van der Waals surface area contributed by atoms with Gasteiger partial charge >= 0.3 is 0 Å². The van der Waals surface area contributed by atoms with E-state index in [1.807, 2.05) is 0 Å². The summed E-state index contributed by atoms with van der Waals surface area (Å²) in [5.74, 6) is 0. The molecular formula is C20H42O3. The Bertz CT molecular complexity index is 95.8. The highest BCUT2D eigenvalue weighted by molar-refractivity contribution is 4.62. The van der Waals surface area contributed by atoms with Crippen LogP contribution in [0.5, 0.6) is 0 Å². The van der Waals surface area contributed by atoms with Crippen molar-refractivity contribution >= 4 is 0 Å². The third-order valence-corrected chi connectivity index (χ3v) is 0.385. The summed E-state index contributed by atoms with van der Waals surface area (Å²) in [7, 11) is 1.64. The van der Waals surface area contributed by atoms with E-state index in [0.29, 0.717) is 6.61 Å². The fourth-order valence-corrected chi connectivity index (χ4v) is 0.118. The van der Waals surface area contributed by atoms with Crippen molar-refractivity contribution in [1.29, 1.82) is 0 Å². The van der Waals surface area contributed by atoms with E-state index >= 15 is 0 Å². The molecule has 0 aliphatic heterocycles. The van der Waals surface area contributed by atoms with Crippen LogP contribution in [0.1, 0.15) is 0 Å². The average Bonchev–Trinajstić information content (AvgIpc) is 2.73. The maximum Gasteiger partial charge on any atom is 0.0662 e. The van der Waals surface area contributed by atoms with Gasteiger partial charge in [0.1, 0.15) is 0 Å². The molecule has 0 amide bonds. The summed E-state index contributed by atoms with van der Waals surface area (Å²) in [5, 5.41) is 15.2. The zero-order valence-corrected chi connectivity index (χ0v) is 15.6. The van der Waals surface area contributed by atoms with E-state index in [0.717, 1.165) is 0 Å². The lowest BCUT2D eigenvalue weighted by molar-refractivity contribution is 0.186. The molecule has 0 rings (SSSR count). The molecule has 0 saturated carbocycles. The van der Waals surface area contributed by atoms with Crippen LogP contribution in [0.4, 0.5) is 0 Å². The molecule has 3 heteroatoms. The zero-order valence-electron chi connectivity index (χ0n) is 15.6. The van der Waals surface area contributed by atoms with Gasteiger partial charge in [-0.3, -0.25) is 0 Å². The molecule has 0 aromatic heterocycles. The second-order valence-electron chi connectivity index (χ2n) is 1.19. The van der Waals surface area contributed by atoms with Gasteiger partial charge in [0.15, 0.2) is 0 Å². The van der Waals surface area contributed by atoms with Crippen molar-refractivity contribution in [3.05, 3.63) is 105 Å². The van der Waals surface area contributed by atoms with Crippen LogP contribution in [0.25, 0.3) is 0 Å². The first-order valence-corrected chi connectivity index (χ1v) is 6.15. The van der Waals surface area contributed by atoms with Crippen LogP contribution in [-0.4, -0.2) is 37.1 Å². The summed E-state index contributed by atoms with van der Waals surface area (Å²) in [6.45, 7) is 45.8. The van der Waals surface area contributed by atoms with Gasteiger partial charge in [0.25, 0.3) is 0 Å². The highest BCUT2D eigenvalue weighted by Gasteiger charge is 1.58. The Kier molecular flexibility index (Phi) is 2270. The quantitative estimate of drug-likeness (QED) is 0.681. The summed E-state index contributed by atoms with van der Waals surface area (Å²) < 4.78 is 4.57.